The molecule has 0 amide bonds. The van der Waals surface area contributed by atoms with Gasteiger partial charge in [0.15, 0.2) is 0 Å². The van der Waals surface area contributed by atoms with Crippen molar-refractivity contribution in [3.05, 3.63) is 83.6 Å². The molecular weight excluding hydrogens is 406 g/mol. The van der Waals surface area contributed by atoms with Gasteiger partial charge in [-0.15, -0.1) is 0 Å². The molecule has 0 spiro atoms. The summed E-state index contributed by atoms with van der Waals surface area (Å²) in [6, 6.07) is 22.7. The second-order valence-electron chi connectivity index (χ2n) is 8.23. The number of likely N-dealkylation sites (N-methyl/N-ethyl adjacent to an activating group) is 1. The van der Waals surface area contributed by atoms with Gasteiger partial charge in [-0.3, -0.25) is 4.21 Å². The predicted octanol–water partition coefficient (Wildman–Crippen LogP) is 4.80. The zero-order valence-electron chi connectivity index (χ0n) is 17.6. The van der Waals surface area contributed by atoms with Gasteiger partial charge in [-0.25, -0.2) is 0 Å². The van der Waals surface area contributed by atoms with Crippen LogP contribution in [0, 0.1) is 6.92 Å². The Kier molecular flexibility index (Phi) is 5.14. The first-order valence-electron chi connectivity index (χ1n) is 10.4. The molecule has 5 nitrogen and oxygen atoms in total. The quantitative estimate of drug-likeness (QED) is 0.473. The molecule has 3 aromatic carbocycles. The van der Waals surface area contributed by atoms with E-state index in [2.05, 4.69) is 70.6 Å². The van der Waals surface area contributed by atoms with Crippen LogP contribution in [-0.2, 0) is 24.2 Å². The van der Waals surface area contributed by atoms with Gasteiger partial charge in [-0.2, -0.15) is 0 Å². The van der Waals surface area contributed by atoms with E-state index in [-0.39, 0.29) is 0 Å². The number of aromatic nitrogens is 1. The van der Waals surface area contributed by atoms with Crippen molar-refractivity contribution in [1.82, 2.24) is 9.47 Å². The van der Waals surface area contributed by atoms with Crippen molar-refractivity contribution in [1.29, 1.82) is 0 Å². The standard InChI is InChI=1S/C25H25N3O2S/c1-17-6-11-24-22(14-17)23-16-27(2)13-12-25(23)28(24)21-5-3-4-19(15-21)18-7-9-20(10-8-18)26-31(29)30/h3-11,14-15,26H,12-13,16H2,1-2H3,(H,29,30)/p-1. The lowest BCUT2D eigenvalue weighted by atomic mass is 10.0. The minimum atomic E-state index is -2.32. The SMILES string of the molecule is Cc1ccc2c(c1)c1c(n2-c2cccc(-c3ccc(NS(=O)[O-])cc3)c2)CCN(C)C1. The molecule has 1 atom stereocenters. The molecular formula is C25H24N3O2S-. The summed E-state index contributed by atoms with van der Waals surface area (Å²) in [5, 5.41) is 1.34. The highest BCUT2D eigenvalue weighted by Gasteiger charge is 2.23. The largest absolute Gasteiger partial charge is 0.755 e. The monoisotopic (exact) mass is 430 g/mol. The van der Waals surface area contributed by atoms with Gasteiger partial charge in [0.25, 0.3) is 0 Å². The number of nitrogens with zero attached hydrogens (tertiary/aromatic N) is 2. The van der Waals surface area contributed by atoms with E-state index in [1.807, 2.05) is 12.1 Å². The van der Waals surface area contributed by atoms with Gasteiger partial charge in [0.1, 0.15) is 0 Å². The average Bonchev–Trinajstić information content (AvgIpc) is 3.07. The topological polar surface area (TPSA) is 60.3 Å². The van der Waals surface area contributed by atoms with Crippen LogP contribution in [0.4, 0.5) is 5.69 Å². The second kappa shape index (κ2) is 7.96. The number of aryl methyl sites for hydroxylation is 1. The molecule has 1 aliphatic rings. The van der Waals surface area contributed by atoms with Gasteiger partial charge in [0.05, 0.1) is 5.52 Å². The first-order chi connectivity index (χ1) is 15.0. The Morgan fingerprint density at radius 2 is 1.81 bits per heavy atom. The van der Waals surface area contributed by atoms with Crippen LogP contribution in [0.5, 0.6) is 0 Å². The summed E-state index contributed by atoms with van der Waals surface area (Å²) in [6.45, 7) is 4.17. The van der Waals surface area contributed by atoms with Gasteiger partial charge >= 0.3 is 0 Å². The Balaban J connectivity index is 1.61. The number of rotatable bonds is 4. The average molecular weight is 431 g/mol. The lowest BCUT2D eigenvalue weighted by Gasteiger charge is -2.24. The van der Waals surface area contributed by atoms with E-state index in [9.17, 15) is 8.76 Å². The molecule has 1 unspecified atom stereocenters. The molecule has 4 aromatic rings. The van der Waals surface area contributed by atoms with Crippen molar-refractivity contribution >= 4 is 27.9 Å². The number of hydrogen-bond donors (Lipinski definition) is 1. The van der Waals surface area contributed by atoms with Crippen molar-refractivity contribution in [3.63, 3.8) is 0 Å². The zero-order valence-corrected chi connectivity index (χ0v) is 18.4. The summed E-state index contributed by atoms with van der Waals surface area (Å²) in [5.41, 5.74) is 9.21. The highest BCUT2D eigenvalue weighted by atomic mass is 32.2. The van der Waals surface area contributed by atoms with Gasteiger partial charge in [-0.1, -0.05) is 35.9 Å². The summed E-state index contributed by atoms with van der Waals surface area (Å²) in [4.78, 5) is 2.38. The number of fused-ring (bicyclic) bond motifs is 3. The first kappa shape index (κ1) is 20.0. The molecule has 0 aliphatic carbocycles. The highest BCUT2D eigenvalue weighted by Crippen LogP contribution is 2.35. The normalized spacial score (nSPS) is 15.1. The molecule has 0 saturated heterocycles. The lowest BCUT2D eigenvalue weighted by Crippen LogP contribution is -2.27. The van der Waals surface area contributed by atoms with Crippen LogP contribution in [-0.4, -0.2) is 31.8 Å². The molecule has 0 saturated carbocycles. The maximum atomic E-state index is 10.8. The molecule has 0 fully saturated rings. The smallest absolute Gasteiger partial charge is 0.0535 e. The van der Waals surface area contributed by atoms with E-state index in [0.29, 0.717) is 5.69 Å². The maximum absolute atomic E-state index is 10.8. The van der Waals surface area contributed by atoms with E-state index in [4.69, 9.17) is 0 Å². The molecule has 1 aliphatic heterocycles. The maximum Gasteiger partial charge on any atom is 0.0535 e. The van der Waals surface area contributed by atoms with E-state index in [0.717, 1.165) is 36.3 Å². The van der Waals surface area contributed by atoms with Crippen LogP contribution in [0.3, 0.4) is 0 Å². The Morgan fingerprint density at radius 3 is 2.58 bits per heavy atom. The third-order valence-corrected chi connectivity index (χ3v) is 6.42. The molecule has 31 heavy (non-hydrogen) atoms. The molecule has 0 radical (unpaired) electrons. The minimum Gasteiger partial charge on any atom is -0.755 e. The van der Waals surface area contributed by atoms with Crippen LogP contribution >= 0.6 is 0 Å². The summed E-state index contributed by atoms with van der Waals surface area (Å²) in [6.07, 6.45) is 1.02. The van der Waals surface area contributed by atoms with Crippen molar-refractivity contribution < 1.29 is 8.76 Å². The van der Waals surface area contributed by atoms with E-state index in [1.54, 1.807) is 12.1 Å². The van der Waals surface area contributed by atoms with Crippen LogP contribution in [0.25, 0.3) is 27.7 Å². The van der Waals surface area contributed by atoms with Crippen LogP contribution in [0.2, 0.25) is 0 Å². The Bertz CT molecular complexity index is 1290. The second-order valence-corrected chi connectivity index (χ2v) is 8.91. The Morgan fingerprint density at radius 1 is 1.00 bits per heavy atom. The molecule has 6 heteroatoms. The number of anilines is 1. The fourth-order valence-electron chi connectivity index (χ4n) is 4.55. The summed E-state index contributed by atoms with van der Waals surface area (Å²) < 4.78 is 26.5. The summed E-state index contributed by atoms with van der Waals surface area (Å²) in [5.74, 6) is 0. The zero-order chi connectivity index (χ0) is 21.5. The first-order valence-corrected chi connectivity index (χ1v) is 11.5. The van der Waals surface area contributed by atoms with E-state index < -0.39 is 11.3 Å². The van der Waals surface area contributed by atoms with Crippen LogP contribution in [0.15, 0.2) is 66.7 Å². The fraction of sp³-hybridized carbons (Fsp3) is 0.200. The van der Waals surface area contributed by atoms with Gasteiger partial charge in [0.2, 0.25) is 0 Å². The van der Waals surface area contributed by atoms with Crippen LogP contribution in [0.1, 0.15) is 16.8 Å². The molecule has 5 rings (SSSR count). The van der Waals surface area contributed by atoms with Crippen molar-refractivity contribution in [2.24, 2.45) is 0 Å². The highest BCUT2D eigenvalue weighted by molar-refractivity contribution is 7.80. The van der Waals surface area contributed by atoms with Crippen molar-refractivity contribution in [3.8, 4) is 16.8 Å². The molecule has 158 valence electrons. The molecule has 1 N–H and O–H groups in total. The third kappa shape index (κ3) is 3.78. The fourth-order valence-corrected chi connectivity index (χ4v) is 4.88. The molecule has 2 heterocycles. The summed E-state index contributed by atoms with van der Waals surface area (Å²) >= 11 is -2.32. The Hall–Kier alpha value is -2.93. The number of nitrogens with one attached hydrogen (secondary N) is 1. The molecule has 0 bridgehead atoms. The summed E-state index contributed by atoms with van der Waals surface area (Å²) in [7, 11) is 2.18. The lowest BCUT2D eigenvalue weighted by molar-refractivity contribution is 0.311. The van der Waals surface area contributed by atoms with Crippen molar-refractivity contribution in [2.45, 2.75) is 19.9 Å². The van der Waals surface area contributed by atoms with Crippen molar-refractivity contribution in [2.75, 3.05) is 18.3 Å². The van der Waals surface area contributed by atoms with Crippen LogP contribution < -0.4 is 4.72 Å². The number of benzene rings is 3. The molecule has 1 aromatic heterocycles. The van der Waals surface area contributed by atoms with Gasteiger partial charge in [-0.05, 0) is 67.1 Å². The van der Waals surface area contributed by atoms with E-state index in [1.165, 1.54) is 27.7 Å². The number of hydrogen-bond acceptors (Lipinski definition) is 3. The predicted molar refractivity (Wildman–Crippen MR) is 126 cm³/mol. The minimum absolute atomic E-state index is 0.554. The Labute approximate surface area is 184 Å². The van der Waals surface area contributed by atoms with Gasteiger partial charge in [0, 0.05) is 53.2 Å². The third-order valence-electron chi connectivity index (χ3n) is 6.02. The van der Waals surface area contributed by atoms with E-state index >= 15 is 0 Å². The van der Waals surface area contributed by atoms with Gasteiger partial charge < -0.3 is 18.7 Å².